The van der Waals surface area contributed by atoms with Crippen LogP contribution in [0.15, 0.2) is 18.3 Å². The van der Waals surface area contributed by atoms with Crippen LogP contribution in [0.2, 0.25) is 0 Å². The molecule has 0 saturated carbocycles. The zero-order valence-electron chi connectivity index (χ0n) is 12.3. The van der Waals surface area contributed by atoms with Crippen molar-refractivity contribution in [1.82, 2.24) is 9.88 Å². The van der Waals surface area contributed by atoms with Crippen molar-refractivity contribution in [3.63, 3.8) is 0 Å². The number of pyridine rings is 1. The van der Waals surface area contributed by atoms with Crippen LogP contribution in [0, 0.1) is 0 Å². The zero-order chi connectivity index (χ0) is 14.4. The van der Waals surface area contributed by atoms with Crippen molar-refractivity contribution in [2.75, 3.05) is 31.6 Å². The first-order valence-corrected chi connectivity index (χ1v) is 7.36. The molecule has 1 fully saturated rings. The summed E-state index contributed by atoms with van der Waals surface area (Å²) >= 11 is 0. The summed E-state index contributed by atoms with van der Waals surface area (Å²) in [6.45, 7) is 7.41. The van der Waals surface area contributed by atoms with Gasteiger partial charge in [0.25, 0.3) is 0 Å². The molecule has 5 nitrogen and oxygen atoms in total. The van der Waals surface area contributed by atoms with Crippen LogP contribution in [0.3, 0.4) is 0 Å². The van der Waals surface area contributed by atoms with E-state index in [2.05, 4.69) is 22.1 Å². The summed E-state index contributed by atoms with van der Waals surface area (Å²) in [5.41, 5.74) is 0.510. The van der Waals surface area contributed by atoms with Crippen molar-refractivity contribution < 1.29 is 9.53 Å². The number of likely N-dealkylation sites (tertiary alicyclic amines) is 1. The molecule has 1 saturated heterocycles. The molecule has 0 aliphatic carbocycles. The van der Waals surface area contributed by atoms with Crippen LogP contribution in [0.1, 0.15) is 37.0 Å². The maximum atomic E-state index is 11.9. The summed E-state index contributed by atoms with van der Waals surface area (Å²) in [4.78, 5) is 18.6. The lowest BCUT2D eigenvalue weighted by Crippen LogP contribution is -2.35. The van der Waals surface area contributed by atoms with Crippen LogP contribution in [0.5, 0.6) is 0 Å². The highest BCUT2D eigenvalue weighted by atomic mass is 16.5. The third-order valence-corrected chi connectivity index (χ3v) is 3.71. The predicted octanol–water partition coefficient (Wildman–Crippen LogP) is 2.15. The Morgan fingerprint density at radius 3 is 3.15 bits per heavy atom. The van der Waals surface area contributed by atoms with E-state index in [4.69, 9.17) is 4.74 Å². The van der Waals surface area contributed by atoms with Crippen LogP contribution in [-0.4, -0.2) is 48.1 Å². The molecule has 2 heterocycles. The first kappa shape index (κ1) is 14.8. The maximum Gasteiger partial charge on any atom is 0.341 e. The van der Waals surface area contributed by atoms with E-state index in [9.17, 15) is 4.79 Å². The van der Waals surface area contributed by atoms with Crippen LogP contribution in [0.25, 0.3) is 0 Å². The molecule has 1 unspecified atom stereocenters. The highest BCUT2D eigenvalue weighted by molar-refractivity contribution is 5.94. The SMILES string of the molecule is CCOC(=O)c1cccnc1NCC1CCCN1CC. The number of nitrogens with zero attached hydrogens (tertiary/aromatic N) is 2. The lowest BCUT2D eigenvalue weighted by atomic mass is 10.2. The summed E-state index contributed by atoms with van der Waals surface area (Å²) in [5.74, 6) is 0.302. The molecule has 1 N–H and O–H groups in total. The number of aromatic nitrogens is 1. The largest absolute Gasteiger partial charge is 0.462 e. The first-order chi connectivity index (χ1) is 9.76. The van der Waals surface area contributed by atoms with E-state index < -0.39 is 0 Å². The second kappa shape index (κ2) is 7.24. The Kier molecular flexibility index (Phi) is 5.35. The molecule has 5 heteroatoms. The Balaban J connectivity index is 2.00. The van der Waals surface area contributed by atoms with Gasteiger partial charge in [0.15, 0.2) is 0 Å². The van der Waals surface area contributed by atoms with Crippen molar-refractivity contribution in [3.05, 3.63) is 23.9 Å². The van der Waals surface area contributed by atoms with Gasteiger partial charge in [-0.15, -0.1) is 0 Å². The molecule has 1 aromatic heterocycles. The number of hydrogen-bond acceptors (Lipinski definition) is 5. The minimum absolute atomic E-state index is 0.318. The smallest absolute Gasteiger partial charge is 0.341 e. The number of nitrogens with one attached hydrogen (secondary N) is 1. The maximum absolute atomic E-state index is 11.9. The van der Waals surface area contributed by atoms with Gasteiger partial charge in [-0.1, -0.05) is 6.92 Å². The number of ether oxygens (including phenoxy) is 1. The van der Waals surface area contributed by atoms with E-state index in [0.29, 0.717) is 24.0 Å². The number of carbonyl (C=O) groups is 1. The van der Waals surface area contributed by atoms with E-state index in [1.54, 1.807) is 25.3 Å². The Labute approximate surface area is 120 Å². The van der Waals surface area contributed by atoms with Crippen LogP contribution >= 0.6 is 0 Å². The summed E-state index contributed by atoms with van der Waals surface area (Å²) < 4.78 is 5.05. The predicted molar refractivity (Wildman–Crippen MR) is 79.0 cm³/mol. The summed E-state index contributed by atoms with van der Waals surface area (Å²) in [5, 5.41) is 3.31. The fraction of sp³-hybridized carbons (Fsp3) is 0.600. The Morgan fingerprint density at radius 2 is 2.40 bits per heavy atom. The van der Waals surface area contributed by atoms with Crippen molar-refractivity contribution in [3.8, 4) is 0 Å². The standard InChI is InChI=1S/C15H23N3O2/c1-3-18-10-6-7-12(18)11-17-14-13(8-5-9-16-14)15(19)20-4-2/h5,8-9,12H,3-4,6-7,10-11H2,1-2H3,(H,16,17). The number of esters is 1. The van der Waals surface area contributed by atoms with E-state index in [-0.39, 0.29) is 5.97 Å². The molecule has 1 atom stereocenters. The molecule has 0 aromatic carbocycles. The van der Waals surface area contributed by atoms with Gasteiger partial charge in [-0.05, 0) is 45.0 Å². The highest BCUT2D eigenvalue weighted by Crippen LogP contribution is 2.18. The van der Waals surface area contributed by atoms with Crippen LogP contribution in [-0.2, 0) is 4.74 Å². The van der Waals surface area contributed by atoms with Crippen molar-refractivity contribution in [1.29, 1.82) is 0 Å². The molecular formula is C15H23N3O2. The Morgan fingerprint density at radius 1 is 1.55 bits per heavy atom. The van der Waals surface area contributed by atoms with E-state index in [0.717, 1.165) is 19.6 Å². The van der Waals surface area contributed by atoms with Gasteiger partial charge in [0.2, 0.25) is 0 Å². The normalized spacial score (nSPS) is 19.0. The summed E-state index contributed by atoms with van der Waals surface area (Å²) in [7, 11) is 0. The quantitative estimate of drug-likeness (QED) is 0.808. The molecule has 0 amide bonds. The number of carbonyl (C=O) groups excluding carboxylic acids is 1. The topological polar surface area (TPSA) is 54.5 Å². The molecule has 2 rings (SSSR count). The van der Waals surface area contributed by atoms with E-state index >= 15 is 0 Å². The third kappa shape index (κ3) is 3.48. The van der Waals surface area contributed by atoms with Gasteiger partial charge in [-0.2, -0.15) is 0 Å². The van der Waals surface area contributed by atoms with Gasteiger partial charge in [0, 0.05) is 18.8 Å². The van der Waals surface area contributed by atoms with Crippen LogP contribution < -0.4 is 5.32 Å². The van der Waals surface area contributed by atoms with Crippen molar-refractivity contribution >= 4 is 11.8 Å². The van der Waals surface area contributed by atoms with Gasteiger partial charge in [-0.25, -0.2) is 9.78 Å². The molecule has 0 radical (unpaired) electrons. The third-order valence-electron chi connectivity index (χ3n) is 3.71. The molecule has 1 aromatic rings. The lowest BCUT2D eigenvalue weighted by molar-refractivity contribution is 0.0527. The molecular weight excluding hydrogens is 254 g/mol. The fourth-order valence-corrected chi connectivity index (χ4v) is 2.68. The zero-order valence-corrected chi connectivity index (χ0v) is 12.3. The van der Waals surface area contributed by atoms with Crippen molar-refractivity contribution in [2.45, 2.75) is 32.7 Å². The second-order valence-corrected chi connectivity index (χ2v) is 4.93. The number of hydrogen-bond donors (Lipinski definition) is 1. The lowest BCUT2D eigenvalue weighted by Gasteiger charge is -2.23. The average molecular weight is 277 g/mol. The second-order valence-electron chi connectivity index (χ2n) is 4.93. The minimum Gasteiger partial charge on any atom is -0.462 e. The molecule has 20 heavy (non-hydrogen) atoms. The highest BCUT2D eigenvalue weighted by Gasteiger charge is 2.23. The summed E-state index contributed by atoms with van der Waals surface area (Å²) in [6, 6.07) is 4.03. The number of rotatable bonds is 6. The molecule has 1 aliphatic rings. The van der Waals surface area contributed by atoms with Gasteiger partial charge in [0.05, 0.1) is 6.61 Å². The van der Waals surface area contributed by atoms with Gasteiger partial charge < -0.3 is 10.1 Å². The molecule has 1 aliphatic heterocycles. The monoisotopic (exact) mass is 277 g/mol. The summed E-state index contributed by atoms with van der Waals surface area (Å²) in [6.07, 6.45) is 4.13. The first-order valence-electron chi connectivity index (χ1n) is 7.36. The molecule has 110 valence electrons. The van der Waals surface area contributed by atoms with Gasteiger partial charge in [-0.3, -0.25) is 4.90 Å². The van der Waals surface area contributed by atoms with E-state index in [1.807, 2.05) is 0 Å². The van der Waals surface area contributed by atoms with Gasteiger partial charge in [0.1, 0.15) is 11.4 Å². The molecule has 0 bridgehead atoms. The average Bonchev–Trinajstić information content (AvgIpc) is 2.93. The van der Waals surface area contributed by atoms with Crippen LogP contribution in [0.4, 0.5) is 5.82 Å². The Bertz CT molecular complexity index is 450. The molecule has 0 spiro atoms. The minimum atomic E-state index is -0.318. The fourth-order valence-electron chi connectivity index (χ4n) is 2.68. The number of likely N-dealkylation sites (N-methyl/N-ethyl adjacent to an activating group) is 1. The van der Waals surface area contributed by atoms with Crippen molar-refractivity contribution in [2.24, 2.45) is 0 Å². The number of anilines is 1. The van der Waals surface area contributed by atoms with Gasteiger partial charge >= 0.3 is 5.97 Å². The van der Waals surface area contributed by atoms with E-state index in [1.165, 1.54) is 12.8 Å². The Hall–Kier alpha value is -1.62.